The second kappa shape index (κ2) is 9.00. The molecule has 144 valence electrons. The summed E-state index contributed by atoms with van der Waals surface area (Å²) in [6.07, 6.45) is 3.53. The highest BCUT2D eigenvalue weighted by Crippen LogP contribution is 2.27. The van der Waals surface area contributed by atoms with E-state index in [1.54, 1.807) is 12.4 Å². The summed E-state index contributed by atoms with van der Waals surface area (Å²) in [6, 6.07) is 14.7. The number of carbonyl (C=O) groups excluding carboxylic acids is 1. The molecule has 3 rings (SSSR count). The Balaban J connectivity index is 1.55. The molecule has 5 nitrogen and oxygen atoms in total. The molecule has 2 aromatic rings. The maximum absolute atomic E-state index is 12.7. The average molecular weight is 367 g/mol. The third kappa shape index (κ3) is 5.07. The van der Waals surface area contributed by atoms with Crippen LogP contribution >= 0.6 is 0 Å². The van der Waals surface area contributed by atoms with Crippen LogP contribution < -0.4 is 5.32 Å². The highest BCUT2D eigenvalue weighted by Gasteiger charge is 2.36. The highest BCUT2D eigenvalue weighted by molar-refractivity contribution is 5.74. The van der Waals surface area contributed by atoms with Crippen LogP contribution in [0.1, 0.15) is 25.0 Å². The van der Waals surface area contributed by atoms with E-state index in [1.807, 2.05) is 24.1 Å². The number of hydrogen-bond acceptors (Lipinski definition) is 3. The molecular formula is C22H30N4O. The van der Waals surface area contributed by atoms with Crippen LogP contribution in [0.2, 0.25) is 0 Å². The number of urea groups is 1. The van der Waals surface area contributed by atoms with Gasteiger partial charge in [0, 0.05) is 51.7 Å². The number of benzene rings is 1. The van der Waals surface area contributed by atoms with Crippen LogP contribution in [-0.4, -0.2) is 47.0 Å². The van der Waals surface area contributed by atoms with Crippen LogP contribution in [0.25, 0.3) is 0 Å². The maximum atomic E-state index is 12.7. The maximum Gasteiger partial charge on any atom is 0.317 e. The van der Waals surface area contributed by atoms with E-state index in [0.29, 0.717) is 18.4 Å². The van der Waals surface area contributed by atoms with Crippen molar-refractivity contribution in [2.45, 2.75) is 33.0 Å². The van der Waals surface area contributed by atoms with Crippen LogP contribution in [0.5, 0.6) is 0 Å². The normalized spacial score (nSPS) is 21.0. The van der Waals surface area contributed by atoms with E-state index in [2.05, 4.69) is 59.4 Å². The predicted octanol–water partition coefficient (Wildman–Crippen LogP) is 3.38. The molecule has 0 saturated carbocycles. The third-order valence-electron chi connectivity index (χ3n) is 5.44. The Bertz CT molecular complexity index is 710. The quantitative estimate of drug-likeness (QED) is 0.882. The molecule has 2 atom stereocenters. The van der Waals surface area contributed by atoms with Gasteiger partial charge in [-0.3, -0.25) is 9.88 Å². The molecule has 1 fully saturated rings. The Labute approximate surface area is 162 Å². The molecule has 1 saturated heterocycles. The molecule has 2 amide bonds. The minimum absolute atomic E-state index is 0.0148. The number of hydrogen-bond donors (Lipinski definition) is 1. The zero-order chi connectivity index (χ0) is 19.2. The van der Waals surface area contributed by atoms with Gasteiger partial charge in [-0.2, -0.15) is 0 Å². The van der Waals surface area contributed by atoms with E-state index in [1.165, 1.54) is 5.56 Å². The minimum Gasteiger partial charge on any atom is -0.334 e. The summed E-state index contributed by atoms with van der Waals surface area (Å²) < 4.78 is 0. The van der Waals surface area contributed by atoms with Crippen LogP contribution in [-0.2, 0) is 13.1 Å². The number of amides is 2. The molecule has 2 heterocycles. The number of rotatable bonds is 5. The number of nitrogens with zero attached hydrogens (tertiary/aromatic N) is 3. The molecule has 0 aliphatic carbocycles. The second-order valence-corrected chi connectivity index (χ2v) is 7.76. The van der Waals surface area contributed by atoms with E-state index in [4.69, 9.17) is 0 Å². The number of pyridine rings is 1. The topological polar surface area (TPSA) is 48.5 Å². The molecule has 1 aromatic heterocycles. The predicted molar refractivity (Wildman–Crippen MR) is 108 cm³/mol. The van der Waals surface area contributed by atoms with Gasteiger partial charge in [-0.15, -0.1) is 0 Å². The van der Waals surface area contributed by atoms with Gasteiger partial charge in [0.2, 0.25) is 0 Å². The molecule has 27 heavy (non-hydrogen) atoms. The number of likely N-dealkylation sites (tertiary alicyclic amines) is 1. The number of piperidine rings is 1. The summed E-state index contributed by atoms with van der Waals surface area (Å²) in [7, 11) is 1.92. The van der Waals surface area contributed by atoms with Crippen LogP contribution in [0.4, 0.5) is 4.79 Å². The fourth-order valence-electron chi connectivity index (χ4n) is 4.34. The van der Waals surface area contributed by atoms with Crippen LogP contribution in [0.3, 0.4) is 0 Å². The van der Waals surface area contributed by atoms with Gasteiger partial charge >= 0.3 is 6.03 Å². The summed E-state index contributed by atoms with van der Waals surface area (Å²) in [5, 5.41) is 3.02. The Morgan fingerprint density at radius 1 is 1.11 bits per heavy atom. The van der Waals surface area contributed by atoms with Crippen LogP contribution in [0.15, 0.2) is 54.9 Å². The number of carbonyl (C=O) groups is 1. The van der Waals surface area contributed by atoms with Gasteiger partial charge in [0.25, 0.3) is 0 Å². The van der Waals surface area contributed by atoms with E-state index >= 15 is 0 Å². The molecule has 0 unspecified atom stereocenters. The fourth-order valence-corrected chi connectivity index (χ4v) is 4.34. The van der Waals surface area contributed by atoms with Gasteiger partial charge in [0.1, 0.15) is 0 Å². The van der Waals surface area contributed by atoms with Crippen molar-refractivity contribution in [2.75, 3.05) is 20.1 Å². The molecule has 5 heteroatoms. The zero-order valence-corrected chi connectivity index (χ0v) is 16.5. The largest absolute Gasteiger partial charge is 0.334 e. The number of aromatic nitrogens is 1. The van der Waals surface area contributed by atoms with E-state index < -0.39 is 0 Å². The van der Waals surface area contributed by atoms with Crippen molar-refractivity contribution >= 4 is 6.03 Å². The summed E-state index contributed by atoms with van der Waals surface area (Å²) >= 11 is 0. The lowest BCUT2D eigenvalue weighted by Gasteiger charge is -2.45. The summed E-state index contributed by atoms with van der Waals surface area (Å²) in [6.45, 7) is 7.99. The standard InChI is InChI=1S/C22H30N4O/c1-17-14-26(16-19-8-5-4-6-9-19)15-18(2)21(17)25(3)22(27)24-13-20-10-7-11-23-12-20/h4-12,17-18,21H,13-16H2,1-3H3,(H,24,27)/t17-,18-/m0/s1. The Morgan fingerprint density at radius 3 is 2.41 bits per heavy atom. The van der Waals surface area contributed by atoms with Crippen LogP contribution in [0, 0.1) is 11.8 Å². The van der Waals surface area contributed by atoms with Crippen molar-refractivity contribution in [2.24, 2.45) is 11.8 Å². The van der Waals surface area contributed by atoms with Gasteiger partial charge in [-0.05, 0) is 29.0 Å². The van der Waals surface area contributed by atoms with Crippen molar-refractivity contribution in [1.82, 2.24) is 20.1 Å². The van der Waals surface area contributed by atoms with Crippen molar-refractivity contribution in [3.63, 3.8) is 0 Å². The summed E-state index contributed by atoms with van der Waals surface area (Å²) in [4.78, 5) is 21.2. The van der Waals surface area contributed by atoms with Gasteiger partial charge in [-0.25, -0.2) is 4.79 Å². The average Bonchev–Trinajstić information content (AvgIpc) is 2.67. The van der Waals surface area contributed by atoms with Crippen molar-refractivity contribution in [1.29, 1.82) is 0 Å². The highest BCUT2D eigenvalue weighted by atomic mass is 16.2. The van der Waals surface area contributed by atoms with E-state index in [9.17, 15) is 4.79 Å². The lowest BCUT2D eigenvalue weighted by molar-refractivity contribution is 0.0479. The van der Waals surface area contributed by atoms with Gasteiger partial charge < -0.3 is 10.2 Å². The lowest BCUT2D eigenvalue weighted by Crippen LogP contribution is -2.56. The smallest absolute Gasteiger partial charge is 0.317 e. The first kappa shape index (κ1) is 19.4. The molecular weight excluding hydrogens is 336 g/mol. The van der Waals surface area contributed by atoms with E-state index in [-0.39, 0.29) is 12.1 Å². The Morgan fingerprint density at radius 2 is 1.78 bits per heavy atom. The summed E-state index contributed by atoms with van der Waals surface area (Å²) in [5.74, 6) is 0.846. The second-order valence-electron chi connectivity index (χ2n) is 7.76. The zero-order valence-electron chi connectivity index (χ0n) is 16.5. The summed E-state index contributed by atoms with van der Waals surface area (Å²) in [5.41, 5.74) is 2.36. The first-order valence-electron chi connectivity index (χ1n) is 9.70. The van der Waals surface area contributed by atoms with Crippen molar-refractivity contribution in [3.05, 3.63) is 66.0 Å². The monoisotopic (exact) mass is 366 g/mol. The molecule has 1 aliphatic heterocycles. The lowest BCUT2D eigenvalue weighted by atomic mass is 9.84. The molecule has 0 bridgehead atoms. The van der Waals surface area contributed by atoms with Crippen molar-refractivity contribution < 1.29 is 4.79 Å². The van der Waals surface area contributed by atoms with Crippen molar-refractivity contribution in [3.8, 4) is 0 Å². The third-order valence-corrected chi connectivity index (χ3v) is 5.44. The molecule has 1 N–H and O–H groups in total. The first-order chi connectivity index (χ1) is 13.0. The fraction of sp³-hybridized carbons (Fsp3) is 0.455. The van der Waals surface area contributed by atoms with Gasteiger partial charge in [0.05, 0.1) is 0 Å². The first-order valence-corrected chi connectivity index (χ1v) is 9.70. The Hall–Kier alpha value is -2.40. The van der Waals surface area contributed by atoms with Gasteiger partial charge in [0.15, 0.2) is 0 Å². The van der Waals surface area contributed by atoms with E-state index in [0.717, 1.165) is 25.2 Å². The molecule has 0 spiro atoms. The number of nitrogens with one attached hydrogen (secondary N) is 1. The molecule has 1 aliphatic rings. The molecule has 0 radical (unpaired) electrons. The Kier molecular flexibility index (Phi) is 6.45. The van der Waals surface area contributed by atoms with Gasteiger partial charge in [-0.1, -0.05) is 50.2 Å². The molecule has 1 aromatic carbocycles. The minimum atomic E-state index is -0.0148. The SMILES string of the molecule is C[C@H]1CN(Cc2ccccc2)C[C@H](C)C1N(C)C(=O)NCc1cccnc1.